The van der Waals surface area contributed by atoms with Crippen LogP contribution in [0.25, 0.3) is 0 Å². The molecule has 1 atom stereocenters. The van der Waals surface area contributed by atoms with Crippen molar-refractivity contribution in [1.29, 1.82) is 0 Å². The van der Waals surface area contributed by atoms with Crippen molar-refractivity contribution in [3.8, 4) is 0 Å². The first-order valence-corrected chi connectivity index (χ1v) is 6.66. The van der Waals surface area contributed by atoms with Gasteiger partial charge in [0.15, 0.2) is 0 Å². The molecule has 19 heavy (non-hydrogen) atoms. The van der Waals surface area contributed by atoms with E-state index >= 15 is 0 Å². The molecule has 1 amide bonds. The first-order valence-electron chi connectivity index (χ1n) is 6.66. The molecule has 2 heterocycles. The van der Waals surface area contributed by atoms with E-state index in [0.29, 0.717) is 26.3 Å². The molecule has 1 spiro atoms. The van der Waals surface area contributed by atoms with Crippen LogP contribution in [0.15, 0.2) is 0 Å². The Labute approximate surface area is 114 Å². The maximum Gasteiger partial charge on any atom is 0.410 e. The molecule has 0 aliphatic carbocycles. The number of nitrogens with zero attached hydrogens (tertiary/aromatic N) is 1. The summed E-state index contributed by atoms with van der Waals surface area (Å²) in [5, 5.41) is 0. The van der Waals surface area contributed by atoms with Gasteiger partial charge in [0.2, 0.25) is 0 Å². The smallest absolute Gasteiger partial charge is 0.410 e. The van der Waals surface area contributed by atoms with Crippen molar-refractivity contribution in [3.63, 3.8) is 0 Å². The van der Waals surface area contributed by atoms with Crippen molar-refractivity contribution < 1.29 is 19.1 Å². The molecule has 2 aliphatic rings. The number of likely N-dealkylation sites (tertiary alicyclic amines) is 1. The summed E-state index contributed by atoms with van der Waals surface area (Å²) >= 11 is 0. The van der Waals surface area contributed by atoms with Gasteiger partial charge in [0.1, 0.15) is 11.4 Å². The van der Waals surface area contributed by atoms with E-state index in [1.807, 2.05) is 27.7 Å². The van der Waals surface area contributed by atoms with Gasteiger partial charge in [0.05, 0.1) is 18.6 Å². The van der Waals surface area contributed by atoms with Crippen molar-refractivity contribution in [3.05, 3.63) is 0 Å². The van der Waals surface area contributed by atoms with E-state index in [4.69, 9.17) is 9.47 Å². The topological polar surface area (TPSA) is 55.8 Å². The van der Waals surface area contributed by atoms with Crippen LogP contribution in [0.2, 0.25) is 0 Å². The Hall–Kier alpha value is -1.10. The van der Waals surface area contributed by atoms with Crippen LogP contribution in [-0.2, 0) is 14.3 Å². The van der Waals surface area contributed by atoms with Crippen molar-refractivity contribution in [2.45, 2.75) is 40.2 Å². The summed E-state index contributed by atoms with van der Waals surface area (Å²) < 4.78 is 10.7. The highest BCUT2D eigenvalue weighted by Crippen LogP contribution is 2.51. The van der Waals surface area contributed by atoms with Gasteiger partial charge in [0.25, 0.3) is 0 Å². The van der Waals surface area contributed by atoms with E-state index in [0.717, 1.165) is 0 Å². The van der Waals surface area contributed by atoms with Gasteiger partial charge in [-0.25, -0.2) is 4.79 Å². The minimum atomic E-state index is -0.526. The lowest BCUT2D eigenvalue weighted by atomic mass is 9.63. The fourth-order valence-corrected chi connectivity index (χ4v) is 2.84. The highest BCUT2D eigenvalue weighted by atomic mass is 16.6. The summed E-state index contributed by atoms with van der Waals surface area (Å²) in [7, 11) is 0. The van der Waals surface area contributed by atoms with E-state index in [-0.39, 0.29) is 17.3 Å². The predicted molar refractivity (Wildman–Crippen MR) is 69.8 cm³/mol. The number of carbonyl (C=O) groups excluding carboxylic acids is 2. The molecule has 2 rings (SSSR count). The Morgan fingerprint density at radius 2 is 1.79 bits per heavy atom. The van der Waals surface area contributed by atoms with Gasteiger partial charge in [-0.1, -0.05) is 6.92 Å². The lowest BCUT2D eigenvalue weighted by Gasteiger charge is -2.47. The normalized spacial score (nSPS) is 29.2. The Morgan fingerprint density at radius 3 is 2.11 bits per heavy atom. The summed E-state index contributed by atoms with van der Waals surface area (Å²) in [6.07, 6.45) is -0.344. The van der Waals surface area contributed by atoms with Gasteiger partial charge >= 0.3 is 6.09 Å². The number of amides is 1. The quantitative estimate of drug-likeness (QED) is 0.729. The van der Waals surface area contributed by atoms with Crippen LogP contribution in [0.1, 0.15) is 34.6 Å². The summed E-state index contributed by atoms with van der Waals surface area (Å²) in [4.78, 5) is 25.8. The standard InChI is InChI=1S/C14H23NO4/c1-10(16)13(5)6-15(7-14(13)8-18-9-14)11(17)19-12(2,3)4/h6-9H2,1-5H3/t13-/m0/s1. The molecule has 2 saturated heterocycles. The van der Waals surface area contributed by atoms with Crippen molar-refractivity contribution >= 4 is 11.9 Å². The monoisotopic (exact) mass is 269 g/mol. The van der Waals surface area contributed by atoms with Gasteiger partial charge in [-0.2, -0.15) is 0 Å². The summed E-state index contributed by atoms with van der Waals surface area (Å²) in [5.74, 6) is 0.113. The van der Waals surface area contributed by atoms with Crippen LogP contribution in [0, 0.1) is 10.8 Å². The van der Waals surface area contributed by atoms with Crippen LogP contribution in [0.5, 0.6) is 0 Å². The van der Waals surface area contributed by atoms with Crippen molar-refractivity contribution in [1.82, 2.24) is 4.90 Å². The molecule has 0 N–H and O–H groups in total. The molecule has 0 bridgehead atoms. The number of hydrogen-bond acceptors (Lipinski definition) is 4. The molecular weight excluding hydrogens is 246 g/mol. The van der Waals surface area contributed by atoms with Gasteiger partial charge in [-0.15, -0.1) is 0 Å². The Morgan fingerprint density at radius 1 is 1.21 bits per heavy atom. The third-order valence-electron chi connectivity index (χ3n) is 4.36. The van der Waals surface area contributed by atoms with Gasteiger partial charge < -0.3 is 14.4 Å². The third kappa shape index (κ3) is 2.24. The number of ketones is 1. The molecule has 0 aromatic carbocycles. The van der Waals surface area contributed by atoms with Crippen LogP contribution in [-0.4, -0.2) is 48.7 Å². The SMILES string of the molecule is CC(=O)[C@]1(C)CN(C(=O)OC(C)(C)C)CC12COC2. The molecule has 108 valence electrons. The average Bonchev–Trinajstić information content (AvgIpc) is 2.50. The largest absolute Gasteiger partial charge is 0.444 e. The Bertz CT molecular complexity index is 408. The molecular formula is C14H23NO4. The lowest BCUT2D eigenvalue weighted by molar-refractivity contribution is -0.168. The lowest BCUT2D eigenvalue weighted by Crippen LogP contribution is -2.56. The van der Waals surface area contributed by atoms with E-state index in [9.17, 15) is 9.59 Å². The summed E-state index contributed by atoms with van der Waals surface area (Å²) in [5.41, 5.74) is -1.27. The molecule has 0 aromatic heterocycles. The minimum Gasteiger partial charge on any atom is -0.444 e. The maximum absolute atomic E-state index is 12.2. The molecule has 2 fully saturated rings. The summed E-state index contributed by atoms with van der Waals surface area (Å²) in [6.45, 7) is 11.1. The minimum absolute atomic E-state index is 0.113. The van der Waals surface area contributed by atoms with Crippen molar-refractivity contribution in [2.24, 2.45) is 10.8 Å². The van der Waals surface area contributed by atoms with Gasteiger partial charge in [0, 0.05) is 18.5 Å². The highest BCUT2D eigenvalue weighted by molar-refractivity contribution is 5.85. The van der Waals surface area contributed by atoms with E-state index in [2.05, 4.69) is 0 Å². The number of ether oxygens (including phenoxy) is 2. The second-order valence-corrected chi connectivity index (χ2v) is 7.00. The Balaban J connectivity index is 2.16. The molecule has 5 heteroatoms. The van der Waals surface area contributed by atoms with Crippen LogP contribution >= 0.6 is 0 Å². The fourth-order valence-electron chi connectivity index (χ4n) is 2.84. The van der Waals surface area contributed by atoms with Gasteiger partial charge in [-0.3, -0.25) is 4.79 Å². The zero-order valence-electron chi connectivity index (χ0n) is 12.4. The number of carbonyl (C=O) groups is 2. The predicted octanol–water partition coefficient (Wildman–Crippen LogP) is 1.85. The molecule has 5 nitrogen and oxygen atoms in total. The second kappa shape index (κ2) is 4.20. The molecule has 0 unspecified atom stereocenters. The van der Waals surface area contributed by atoms with E-state index in [1.165, 1.54) is 0 Å². The van der Waals surface area contributed by atoms with E-state index < -0.39 is 11.0 Å². The summed E-state index contributed by atoms with van der Waals surface area (Å²) in [6, 6.07) is 0. The number of hydrogen-bond donors (Lipinski definition) is 0. The van der Waals surface area contributed by atoms with E-state index in [1.54, 1.807) is 11.8 Å². The van der Waals surface area contributed by atoms with Crippen LogP contribution in [0.3, 0.4) is 0 Å². The first-order chi connectivity index (χ1) is 8.60. The number of rotatable bonds is 1. The van der Waals surface area contributed by atoms with Gasteiger partial charge in [-0.05, 0) is 27.7 Å². The van der Waals surface area contributed by atoms with Crippen LogP contribution in [0.4, 0.5) is 4.79 Å². The first kappa shape index (κ1) is 14.3. The molecule has 2 aliphatic heterocycles. The molecule has 0 saturated carbocycles. The zero-order valence-corrected chi connectivity index (χ0v) is 12.4. The molecule has 0 aromatic rings. The number of Topliss-reactive ketones (excluding diaryl/α,β-unsaturated/α-hetero) is 1. The van der Waals surface area contributed by atoms with Crippen molar-refractivity contribution in [2.75, 3.05) is 26.3 Å². The zero-order chi connectivity index (χ0) is 14.5. The Kier molecular flexibility index (Phi) is 3.16. The third-order valence-corrected chi connectivity index (χ3v) is 4.36. The average molecular weight is 269 g/mol. The maximum atomic E-state index is 12.2. The molecule has 0 radical (unpaired) electrons. The fraction of sp³-hybridized carbons (Fsp3) is 0.857. The highest BCUT2D eigenvalue weighted by Gasteiger charge is 2.62. The second-order valence-electron chi connectivity index (χ2n) is 7.00. The van der Waals surface area contributed by atoms with Crippen LogP contribution < -0.4 is 0 Å².